The van der Waals surface area contributed by atoms with Crippen molar-refractivity contribution in [2.45, 2.75) is 50.0 Å². The molecule has 0 saturated heterocycles. The second kappa shape index (κ2) is 6.77. The van der Waals surface area contributed by atoms with Crippen molar-refractivity contribution in [1.82, 2.24) is 0 Å². The van der Waals surface area contributed by atoms with E-state index >= 15 is 0 Å². The fraction of sp³-hybridized carbons (Fsp3) is 0.538. The molecule has 106 valence electrons. The third-order valence-electron chi connectivity index (χ3n) is 2.49. The lowest BCUT2D eigenvalue weighted by Crippen LogP contribution is -2.15. The predicted molar refractivity (Wildman–Crippen MR) is 75.9 cm³/mol. The summed E-state index contributed by atoms with van der Waals surface area (Å²) in [5, 5.41) is 20.4. The van der Waals surface area contributed by atoms with Crippen LogP contribution in [0.4, 0.5) is 5.69 Å². The Morgan fingerprint density at radius 3 is 2.42 bits per heavy atom. The second-order valence-electron chi connectivity index (χ2n) is 4.62. The zero-order chi connectivity index (χ0) is 14.6. The number of nitrogens with zero attached hydrogens (tertiary/aromatic N) is 1. The molecule has 19 heavy (non-hydrogen) atoms. The van der Waals surface area contributed by atoms with Crippen molar-refractivity contribution in [2.24, 2.45) is 0 Å². The van der Waals surface area contributed by atoms with Crippen LogP contribution in [0.15, 0.2) is 23.1 Å². The Morgan fingerprint density at radius 2 is 1.95 bits per heavy atom. The van der Waals surface area contributed by atoms with Crippen LogP contribution in [-0.2, 0) is 0 Å². The van der Waals surface area contributed by atoms with Crippen LogP contribution in [0.3, 0.4) is 0 Å². The van der Waals surface area contributed by atoms with Gasteiger partial charge in [0.15, 0.2) is 5.75 Å². The van der Waals surface area contributed by atoms with Crippen molar-refractivity contribution >= 4 is 17.4 Å². The van der Waals surface area contributed by atoms with Crippen molar-refractivity contribution in [2.75, 3.05) is 0 Å². The summed E-state index contributed by atoms with van der Waals surface area (Å²) in [6.45, 7) is 7.26. The molecule has 0 aliphatic carbocycles. The van der Waals surface area contributed by atoms with E-state index in [-0.39, 0.29) is 22.8 Å². The van der Waals surface area contributed by atoms with Crippen molar-refractivity contribution in [1.29, 1.82) is 0 Å². The molecular weight excluding hydrogens is 266 g/mol. The lowest BCUT2D eigenvalue weighted by Gasteiger charge is -2.15. The summed E-state index contributed by atoms with van der Waals surface area (Å²) >= 11 is 1.46. The topological polar surface area (TPSA) is 72.6 Å². The number of thioether (sulfide) groups is 1. The molecule has 1 aromatic carbocycles. The Hall–Kier alpha value is -1.27. The van der Waals surface area contributed by atoms with Gasteiger partial charge in [0.25, 0.3) is 0 Å². The first-order valence-corrected chi connectivity index (χ1v) is 6.99. The number of rotatable bonds is 6. The highest BCUT2D eigenvalue weighted by Gasteiger charge is 2.18. The van der Waals surface area contributed by atoms with Gasteiger partial charge in [0, 0.05) is 22.3 Å². The van der Waals surface area contributed by atoms with E-state index in [1.807, 2.05) is 20.8 Å². The number of benzene rings is 1. The van der Waals surface area contributed by atoms with E-state index in [1.54, 1.807) is 19.1 Å². The molecule has 1 rings (SSSR count). The number of aliphatic hydroxyl groups is 1. The molecule has 1 aromatic rings. The van der Waals surface area contributed by atoms with E-state index in [4.69, 9.17) is 4.74 Å². The average Bonchev–Trinajstić information content (AvgIpc) is 2.27. The Bertz CT molecular complexity index is 448. The van der Waals surface area contributed by atoms with E-state index in [9.17, 15) is 15.2 Å². The summed E-state index contributed by atoms with van der Waals surface area (Å²) in [4.78, 5) is 11.3. The molecule has 0 aromatic heterocycles. The van der Waals surface area contributed by atoms with E-state index in [0.29, 0.717) is 0 Å². The van der Waals surface area contributed by atoms with Gasteiger partial charge < -0.3 is 9.84 Å². The highest BCUT2D eigenvalue weighted by molar-refractivity contribution is 8.00. The maximum atomic E-state index is 10.9. The smallest absolute Gasteiger partial charge is 0.311 e. The van der Waals surface area contributed by atoms with Gasteiger partial charge in [-0.2, -0.15) is 0 Å². The molecule has 6 heteroatoms. The van der Waals surface area contributed by atoms with Gasteiger partial charge in [-0.1, -0.05) is 6.92 Å². The molecule has 0 aliphatic heterocycles. The molecule has 0 saturated carbocycles. The standard InChI is InChI=1S/C13H19NO4S/c1-8(2)18-13-7-11(19-10(4)9(3)15)5-6-12(13)14(16)17/h5-10,15H,1-4H3. The SMILES string of the molecule is CC(C)Oc1cc(SC(C)C(C)O)ccc1[N+](=O)[O-]. The Balaban J connectivity index is 3.00. The maximum Gasteiger partial charge on any atom is 0.311 e. The molecule has 1 N–H and O–H groups in total. The minimum absolute atomic E-state index is 0.00774. The van der Waals surface area contributed by atoms with Crippen LogP contribution < -0.4 is 4.74 Å². The number of nitro benzene ring substituents is 1. The molecule has 0 amide bonds. The van der Waals surface area contributed by atoms with Crippen LogP contribution in [0.1, 0.15) is 27.7 Å². The molecule has 0 heterocycles. The number of hydrogen-bond donors (Lipinski definition) is 1. The van der Waals surface area contributed by atoms with Gasteiger partial charge >= 0.3 is 5.69 Å². The highest BCUT2D eigenvalue weighted by Crippen LogP contribution is 2.34. The zero-order valence-corrected chi connectivity index (χ0v) is 12.3. The molecule has 0 bridgehead atoms. The molecule has 0 radical (unpaired) electrons. The minimum atomic E-state index is -0.454. The van der Waals surface area contributed by atoms with Crippen molar-refractivity contribution in [3.63, 3.8) is 0 Å². The number of ether oxygens (including phenoxy) is 1. The van der Waals surface area contributed by atoms with Crippen LogP contribution in [0.2, 0.25) is 0 Å². The summed E-state index contributed by atoms with van der Waals surface area (Å²) in [6, 6.07) is 4.77. The van der Waals surface area contributed by atoms with E-state index in [2.05, 4.69) is 0 Å². The van der Waals surface area contributed by atoms with Gasteiger partial charge in [-0.25, -0.2) is 0 Å². The first-order chi connectivity index (χ1) is 8.81. The summed E-state index contributed by atoms with van der Waals surface area (Å²) < 4.78 is 5.47. The van der Waals surface area contributed by atoms with Gasteiger partial charge in [-0.3, -0.25) is 10.1 Å². The summed E-state index contributed by atoms with van der Waals surface area (Å²) in [6.07, 6.45) is -0.581. The van der Waals surface area contributed by atoms with E-state index in [1.165, 1.54) is 17.8 Å². The molecule has 0 aliphatic rings. The third-order valence-corrected chi connectivity index (χ3v) is 3.78. The monoisotopic (exact) mass is 285 g/mol. The first kappa shape index (κ1) is 15.8. The Labute approximate surface area is 117 Å². The van der Waals surface area contributed by atoms with Gasteiger partial charge in [0.05, 0.1) is 17.1 Å². The molecule has 0 fully saturated rings. The highest BCUT2D eigenvalue weighted by atomic mass is 32.2. The van der Waals surface area contributed by atoms with Gasteiger partial charge in [-0.05, 0) is 26.8 Å². The fourth-order valence-electron chi connectivity index (χ4n) is 1.38. The normalized spacial score (nSPS) is 14.2. The zero-order valence-electron chi connectivity index (χ0n) is 11.5. The van der Waals surface area contributed by atoms with Gasteiger partial charge in [0.2, 0.25) is 0 Å². The Morgan fingerprint density at radius 1 is 1.32 bits per heavy atom. The van der Waals surface area contributed by atoms with Crippen LogP contribution in [-0.4, -0.2) is 27.5 Å². The molecule has 5 nitrogen and oxygen atoms in total. The molecule has 0 spiro atoms. The first-order valence-electron chi connectivity index (χ1n) is 6.11. The molecule has 2 unspecified atom stereocenters. The predicted octanol–water partition coefficient (Wildman–Crippen LogP) is 3.24. The summed E-state index contributed by atoms with van der Waals surface area (Å²) in [7, 11) is 0. The van der Waals surface area contributed by atoms with Gasteiger partial charge in [-0.15, -0.1) is 11.8 Å². The van der Waals surface area contributed by atoms with Crippen molar-refractivity contribution in [3.05, 3.63) is 28.3 Å². The van der Waals surface area contributed by atoms with Crippen LogP contribution in [0.5, 0.6) is 5.75 Å². The second-order valence-corrected chi connectivity index (χ2v) is 6.07. The van der Waals surface area contributed by atoms with E-state index in [0.717, 1.165) is 4.90 Å². The van der Waals surface area contributed by atoms with Crippen LogP contribution in [0.25, 0.3) is 0 Å². The Kier molecular flexibility index (Phi) is 5.62. The summed E-state index contributed by atoms with van der Waals surface area (Å²) in [5.74, 6) is 0.266. The number of nitro groups is 1. The summed E-state index contributed by atoms with van der Waals surface area (Å²) in [5.41, 5.74) is -0.0391. The van der Waals surface area contributed by atoms with Crippen LogP contribution in [0, 0.1) is 10.1 Å². The fourth-order valence-corrected chi connectivity index (χ4v) is 2.33. The third kappa shape index (κ3) is 4.72. The van der Waals surface area contributed by atoms with Crippen molar-refractivity contribution in [3.8, 4) is 5.75 Å². The van der Waals surface area contributed by atoms with E-state index < -0.39 is 11.0 Å². The van der Waals surface area contributed by atoms with Crippen LogP contribution >= 0.6 is 11.8 Å². The van der Waals surface area contributed by atoms with Crippen molar-refractivity contribution < 1.29 is 14.8 Å². The molecule has 2 atom stereocenters. The largest absolute Gasteiger partial charge is 0.484 e. The average molecular weight is 285 g/mol. The number of aliphatic hydroxyl groups excluding tert-OH is 1. The maximum absolute atomic E-state index is 10.9. The molecular formula is C13H19NO4S. The lowest BCUT2D eigenvalue weighted by atomic mass is 10.3. The quantitative estimate of drug-likeness (QED) is 0.493. The lowest BCUT2D eigenvalue weighted by molar-refractivity contribution is -0.386. The number of hydrogen-bond acceptors (Lipinski definition) is 5. The minimum Gasteiger partial charge on any atom is -0.484 e. The van der Waals surface area contributed by atoms with Gasteiger partial charge in [0.1, 0.15) is 0 Å².